The summed E-state index contributed by atoms with van der Waals surface area (Å²) in [6.45, 7) is 7.30. The van der Waals surface area contributed by atoms with Gasteiger partial charge in [-0.2, -0.15) is 0 Å². The molecule has 2 aliphatic rings. The Morgan fingerprint density at radius 2 is 2.08 bits per heavy atom. The zero-order valence-corrected chi connectivity index (χ0v) is 16.4. The lowest BCUT2D eigenvalue weighted by atomic mass is 9.83. The van der Waals surface area contributed by atoms with Crippen molar-refractivity contribution in [1.82, 2.24) is 15.5 Å². The number of nitrogens with one attached hydrogen (secondary N) is 2. The summed E-state index contributed by atoms with van der Waals surface area (Å²) in [5, 5.41) is 7.04. The van der Waals surface area contributed by atoms with Crippen molar-refractivity contribution in [1.29, 1.82) is 0 Å². The van der Waals surface area contributed by atoms with Gasteiger partial charge in [-0.1, -0.05) is 26.7 Å². The molecule has 1 saturated heterocycles. The van der Waals surface area contributed by atoms with Crippen LogP contribution in [0, 0.1) is 11.3 Å². The first-order valence-corrected chi connectivity index (χ1v) is 9.74. The topological polar surface area (TPSA) is 66.0 Å². The van der Waals surface area contributed by atoms with Crippen LogP contribution in [0.4, 0.5) is 0 Å². The lowest BCUT2D eigenvalue weighted by Crippen LogP contribution is -2.48. The number of rotatable bonds is 7. The molecule has 0 aromatic rings. The summed E-state index contributed by atoms with van der Waals surface area (Å²) in [6, 6.07) is 0.285. The van der Waals surface area contributed by atoms with Crippen LogP contribution in [0.3, 0.4) is 0 Å². The average molecular weight is 353 g/mol. The lowest BCUT2D eigenvalue weighted by Gasteiger charge is -2.30. The molecule has 0 spiro atoms. The van der Waals surface area contributed by atoms with E-state index in [9.17, 15) is 4.79 Å². The Kier molecular flexibility index (Phi) is 7.54. The molecule has 6 nitrogen and oxygen atoms in total. The molecular formula is C19H36N4O2. The van der Waals surface area contributed by atoms with Crippen LogP contribution in [-0.4, -0.2) is 63.2 Å². The minimum atomic E-state index is 0.0687. The molecule has 0 aromatic carbocycles. The number of amides is 1. The molecule has 0 bridgehead atoms. The number of hydrogen-bond donors (Lipinski definition) is 2. The number of carbonyl (C=O) groups excluding carboxylic acids is 1. The zero-order chi connectivity index (χ0) is 18.3. The lowest BCUT2D eigenvalue weighted by molar-refractivity contribution is -0.133. The molecule has 0 radical (unpaired) electrons. The van der Waals surface area contributed by atoms with Gasteiger partial charge in [-0.15, -0.1) is 0 Å². The van der Waals surface area contributed by atoms with Gasteiger partial charge in [-0.05, 0) is 31.1 Å². The van der Waals surface area contributed by atoms with Crippen molar-refractivity contribution in [3.05, 3.63) is 0 Å². The predicted octanol–water partition coefficient (Wildman–Crippen LogP) is 2.01. The number of nitrogens with zero attached hydrogens (tertiary/aromatic N) is 2. The first-order valence-electron chi connectivity index (χ1n) is 9.74. The quantitative estimate of drug-likeness (QED) is 0.543. The third kappa shape index (κ3) is 5.59. The van der Waals surface area contributed by atoms with Crippen LogP contribution in [0.15, 0.2) is 4.99 Å². The molecule has 6 heteroatoms. The van der Waals surface area contributed by atoms with Gasteiger partial charge in [0.1, 0.15) is 0 Å². The highest BCUT2D eigenvalue weighted by Crippen LogP contribution is 2.40. The summed E-state index contributed by atoms with van der Waals surface area (Å²) in [6.07, 6.45) is 7.24. The molecule has 1 amide bonds. The summed E-state index contributed by atoms with van der Waals surface area (Å²) in [7, 11) is 3.60. The van der Waals surface area contributed by atoms with E-state index in [1.807, 2.05) is 25.8 Å². The SMILES string of the molecule is CN=C(NCC1(CCOC)CCCC1)NC1CCN(C(=O)C(C)C)C1. The maximum Gasteiger partial charge on any atom is 0.225 e. The molecule has 1 heterocycles. The van der Waals surface area contributed by atoms with Crippen molar-refractivity contribution in [2.24, 2.45) is 16.3 Å². The largest absolute Gasteiger partial charge is 0.385 e. The van der Waals surface area contributed by atoms with Gasteiger partial charge in [0.15, 0.2) is 5.96 Å². The van der Waals surface area contributed by atoms with Crippen LogP contribution in [0.2, 0.25) is 0 Å². The minimum Gasteiger partial charge on any atom is -0.385 e. The van der Waals surface area contributed by atoms with Gasteiger partial charge in [0.05, 0.1) is 0 Å². The number of ether oxygens (including phenoxy) is 1. The Morgan fingerprint density at radius 1 is 1.36 bits per heavy atom. The molecule has 1 aliphatic heterocycles. The summed E-state index contributed by atoms with van der Waals surface area (Å²) >= 11 is 0. The molecule has 2 N–H and O–H groups in total. The highest BCUT2D eigenvalue weighted by atomic mass is 16.5. The van der Waals surface area contributed by atoms with Crippen molar-refractivity contribution in [3.63, 3.8) is 0 Å². The third-order valence-corrected chi connectivity index (χ3v) is 5.69. The van der Waals surface area contributed by atoms with Crippen LogP contribution in [0.1, 0.15) is 52.4 Å². The second-order valence-corrected chi connectivity index (χ2v) is 7.94. The fourth-order valence-electron chi connectivity index (χ4n) is 4.06. The van der Waals surface area contributed by atoms with E-state index in [-0.39, 0.29) is 17.9 Å². The predicted molar refractivity (Wildman–Crippen MR) is 102 cm³/mol. The summed E-state index contributed by atoms with van der Waals surface area (Å²) < 4.78 is 5.31. The van der Waals surface area contributed by atoms with E-state index in [2.05, 4.69) is 15.6 Å². The number of carbonyl (C=O) groups is 1. The Morgan fingerprint density at radius 3 is 2.68 bits per heavy atom. The van der Waals surface area contributed by atoms with Gasteiger partial charge in [-0.25, -0.2) is 0 Å². The summed E-state index contributed by atoms with van der Waals surface area (Å²) in [5.41, 5.74) is 0.336. The maximum absolute atomic E-state index is 12.1. The Hall–Kier alpha value is -1.30. The molecular weight excluding hydrogens is 316 g/mol. The molecule has 1 saturated carbocycles. The maximum atomic E-state index is 12.1. The van der Waals surface area contributed by atoms with E-state index in [4.69, 9.17) is 4.74 Å². The van der Waals surface area contributed by atoms with Crippen molar-refractivity contribution in [2.45, 2.75) is 58.4 Å². The molecule has 144 valence electrons. The highest BCUT2D eigenvalue weighted by Gasteiger charge is 2.34. The zero-order valence-electron chi connectivity index (χ0n) is 16.4. The molecule has 0 aromatic heterocycles. The van der Waals surface area contributed by atoms with Crippen molar-refractivity contribution in [3.8, 4) is 0 Å². The Balaban J connectivity index is 1.82. The van der Waals surface area contributed by atoms with Gasteiger partial charge in [0.2, 0.25) is 5.91 Å². The number of guanidine groups is 1. The third-order valence-electron chi connectivity index (χ3n) is 5.69. The minimum absolute atomic E-state index is 0.0687. The van der Waals surface area contributed by atoms with Gasteiger partial charge >= 0.3 is 0 Å². The van der Waals surface area contributed by atoms with Crippen molar-refractivity contribution >= 4 is 11.9 Å². The van der Waals surface area contributed by atoms with Crippen LogP contribution >= 0.6 is 0 Å². The number of likely N-dealkylation sites (tertiary alicyclic amines) is 1. The Bertz CT molecular complexity index is 458. The van der Waals surface area contributed by atoms with E-state index in [0.29, 0.717) is 5.41 Å². The van der Waals surface area contributed by atoms with Crippen LogP contribution in [-0.2, 0) is 9.53 Å². The van der Waals surface area contributed by atoms with Crippen molar-refractivity contribution < 1.29 is 9.53 Å². The first-order chi connectivity index (χ1) is 12.0. The van der Waals surface area contributed by atoms with Gasteiger partial charge in [0.25, 0.3) is 0 Å². The van der Waals surface area contributed by atoms with E-state index >= 15 is 0 Å². The standard InChI is InChI=1S/C19H36N4O2/c1-15(2)17(24)23-11-7-16(13-23)22-18(20-3)21-14-19(10-12-25-4)8-5-6-9-19/h15-16H,5-14H2,1-4H3,(H2,20,21,22). The van der Waals surface area contributed by atoms with Crippen LogP contribution in [0.5, 0.6) is 0 Å². The monoisotopic (exact) mass is 352 g/mol. The second-order valence-electron chi connectivity index (χ2n) is 7.94. The van der Waals surface area contributed by atoms with E-state index < -0.39 is 0 Å². The molecule has 1 atom stereocenters. The molecule has 2 fully saturated rings. The Labute approximate surface area is 152 Å². The van der Waals surface area contributed by atoms with Crippen LogP contribution in [0.25, 0.3) is 0 Å². The van der Waals surface area contributed by atoms with E-state index in [0.717, 1.165) is 45.0 Å². The summed E-state index contributed by atoms with van der Waals surface area (Å²) in [4.78, 5) is 18.5. The average Bonchev–Trinajstić information content (AvgIpc) is 3.26. The van der Waals surface area contributed by atoms with Crippen molar-refractivity contribution in [2.75, 3.05) is 40.4 Å². The summed E-state index contributed by atoms with van der Waals surface area (Å²) in [5.74, 6) is 1.17. The smallest absolute Gasteiger partial charge is 0.225 e. The first kappa shape index (κ1) is 20.0. The molecule has 2 rings (SSSR count). The molecule has 1 aliphatic carbocycles. The fourth-order valence-corrected chi connectivity index (χ4v) is 4.06. The molecule has 25 heavy (non-hydrogen) atoms. The number of hydrogen-bond acceptors (Lipinski definition) is 3. The fraction of sp³-hybridized carbons (Fsp3) is 0.895. The second kappa shape index (κ2) is 9.41. The van der Waals surface area contributed by atoms with Gasteiger partial charge < -0.3 is 20.3 Å². The number of aliphatic imine (C=N–C) groups is 1. The van der Waals surface area contributed by atoms with Gasteiger partial charge in [-0.3, -0.25) is 9.79 Å². The molecule has 1 unspecified atom stereocenters. The number of methoxy groups -OCH3 is 1. The highest BCUT2D eigenvalue weighted by molar-refractivity contribution is 5.81. The van der Waals surface area contributed by atoms with E-state index in [1.165, 1.54) is 25.7 Å². The van der Waals surface area contributed by atoms with Gasteiger partial charge in [0, 0.05) is 52.4 Å². The van der Waals surface area contributed by atoms with Crippen LogP contribution < -0.4 is 10.6 Å². The van der Waals surface area contributed by atoms with E-state index in [1.54, 1.807) is 7.11 Å². The normalized spacial score (nSPS) is 23.3.